The molecule has 5 heteroatoms. The molecular weight excluding hydrogens is 388 g/mol. The lowest BCUT2D eigenvalue weighted by molar-refractivity contribution is 0.0950. The second-order valence-electron chi connectivity index (χ2n) is 8.08. The van der Waals surface area contributed by atoms with Crippen molar-refractivity contribution in [2.75, 3.05) is 13.2 Å². The third-order valence-electron chi connectivity index (χ3n) is 4.64. The number of ether oxygens (including phenoxy) is 2. The third kappa shape index (κ3) is 6.71. The Bertz CT molecular complexity index is 1010. The number of carbonyl (C=O) groups is 1. The second-order valence-corrected chi connectivity index (χ2v) is 8.08. The number of hydrogen-bond acceptors (Lipinski definition) is 4. The van der Waals surface area contributed by atoms with E-state index in [9.17, 15) is 4.79 Å². The second kappa shape index (κ2) is 10.4. The average Bonchev–Trinajstić information content (AvgIpc) is 2.77. The van der Waals surface area contributed by atoms with E-state index >= 15 is 0 Å². The summed E-state index contributed by atoms with van der Waals surface area (Å²) in [6.07, 6.45) is 1.63. The fourth-order valence-corrected chi connectivity index (χ4v) is 2.90. The summed E-state index contributed by atoms with van der Waals surface area (Å²) in [5, 5.41) is 4.08. The molecule has 0 unspecified atom stereocenters. The first-order valence-corrected chi connectivity index (χ1v) is 10.3. The van der Waals surface area contributed by atoms with E-state index in [-0.39, 0.29) is 11.3 Å². The van der Waals surface area contributed by atoms with Crippen LogP contribution in [0.1, 0.15) is 42.3 Å². The van der Waals surface area contributed by atoms with Crippen molar-refractivity contribution in [3.63, 3.8) is 0 Å². The number of hydrazone groups is 1. The smallest absolute Gasteiger partial charge is 0.275 e. The van der Waals surface area contributed by atoms with Crippen LogP contribution in [0.2, 0.25) is 0 Å². The van der Waals surface area contributed by atoms with Crippen molar-refractivity contribution in [2.45, 2.75) is 26.2 Å². The Balaban J connectivity index is 1.53. The Labute approximate surface area is 183 Å². The number of para-hydroxylation sites is 2. The van der Waals surface area contributed by atoms with Gasteiger partial charge >= 0.3 is 0 Å². The summed E-state index contributed by atoms with van der Waals surface area (Å²) in [6, 6.07) is 24.7. The summed E-state index contributed by atoms with van der Waals surface area (Å²) >= 11 is 0. The van der Waals surface area contributed by atoms with Gasteiger partial charge in [-0.15, -0.1) is 0 Å². The van der Waals surface area contributed by atoms with Gasteiger partial charge in [-0.2, -0.15) is 5.10 Å². The van der Waals surface area contributed by atoms with Gasteiger partial charge < -0.3 is 9.47 Å². The number of amides is 1. The Hall–Kier alpha value is -3.60. The van der Waals surface area contributed by atoms with Gasteiger partial charge in [0.2, 0.25) is 0 Å². The van der Waals surface area contributed by atoms with Gasteiger partial charge in [-0.3, -0.25) is 4.79 Å². The number of benzene rings is 3. The fourth-order valence-electron chi connectivity index (χ4n) is 2.90. The van der Waals surface area contributed by atoms with Gasteiger partial charge in [0, 0.05) is 0 Å². The maximum atomic E-state index is 12.6. The van der Waals surface area contributed by atoms with E-state index in [0.29, 0.717) is 24.5 Å². The van der Waals surface area contributed by atoms with Crippen LogP contribution < -0.4 is 14.9 Å². The summed E-state index contributed by atoms with van der Waals surface area (Å²) in [4.78, 5) is 12.6. The van der Waals surface area contributed by atoms with E-state index in [4.69, 9.17) is 9.47 Å². The van der Waals surface area contributed by atoms with E-state index in [2.05, 4.69) is 43.4 Å². The van der Waals surface area contributed by atoms with Crippen molar-refractivity contribution in [3.8, 4) is 11.5 Å². The van der Waals surface area contributed by atoms with E-state index in [1.54, 1.807) is 24.4 Å². The van der Waals surface area contributed by atoms with Crippen LogP contribution >= 0.6 is 0 Å². The fraction of sp³-hybridized carbons (Fsp3) is 0.231. The van der Waals surface area contributed by atoms with Gasteiger partial charge in [0.05, 0.1) is 11.8 Å². The Kier molecular flexibility index (Phi) is 7.44. The van der Waals surface area contributed by atoms with E-state index in [0.717, 1.165) is 11.3 Å². The highest BCUT2D eigenvalue weighted by Gasteiger charge is 2.13. The van der Waals surface area contributed by atoms with Crippen LogP contribution in [0.5, 0.6) is 11.5 Å². The minimum absolute atomic E-state index is 0.0970. The molecule has 160 valence electrons. The normalized spacial score (nSPS) is 11.3. The molecule has 0 aliphatic heterocycles. The molecular formula is C26H28N2O3. The first-order valence-electron chi connectivity index (χ1n) is 10.3. The molecule has 0 aliphatic rings. The van der Waals surface area contributed by atoms with E-state index in [1.165, 1.54) is 5.56 Å². The van der Waals surface area contributed by atoms with Crippen molar-refractivity contribution in [2.24, 2.45) is 5.10 Å². The Morgan fingerprint density at radius 1 is 0.871 bits per heavy atom. The molecule has 0 fully saturated rings. The summed E-state index contributed by atoms with van der Waals surface area (Å²) < 4.78 is 11.4. The monoisotopic (exact) mass is 416 g/mol. The number of hydrogen-bond donors (Lipinski definition) is 1. The molecule has 1 N–H and O–H groups in total. The third-order valence-corrected chi connectivity index (χ3v) is 4.64. The molecule has 1 amide bonds. The van der Waals surface area contributed by atoms with Gasteiger partial charge in [-0.25, -0.2) is 5.43 Å². The minimum Gasteiger partial charge on any atom is -0.490 e. The zero-order valence-electron chi connectivity index (χ0n) is 18.2. The maximum absolute atomic E-state index is 12.6. The number of nitrogens with one attached hydrogen (secondary N) is 1. The lowest BCUT2D eigenvalue weighted by atomic mass is 9.87. The molecule has 0 saturated carbocycles. The Morgan fingerprint density at radius 2 is 1.52 bits per heavy atom. The molecule has 0 saturated heterocycles. The van der Waals surface area contributed by atoms with Crippen LogP contribution in [0.3, 0.4) is 0 Å². The molecule has 3 aromatic carbocycles. The van der Waals surface area contributed by atoms with Crippen molar-refractivity contribution in [1.82, 2.24) is 5.43 Å². The summed E-state index contributed by atoms with van der Waals surface area (Å²) in [5.74, 6) is 0.936. The molecule has 5 nitrogen and oxygen atoms in total. The quantitative estimate of drug-likeness (QED) is 0.312. The zero-order valence-corrected chi connectivity index (χ0v) is 18.2. The van der Waals surface area contributed by atoms with Gasteiger partial charge in [0.25, 0.3) is 5.91 Å². The Morgan fingerprint density at radius 3 is 2.23 bits per heavy atom. The molecule has 0 heterocycles. The van der Waals surface area contributed by atoms with Crippen LogP contribution in [0.15, 0.2) is 84.0 Å². The molecule has 0 atom stereocenters. The van der Waals surface area contributed by atoms with Crippen LogP contribution in [0.4, 0.5) is 0 Å². The number of nitrogens with zero attached hydrogens (tertiary/aromatic N) is 1. The van der Waals surface area contributed by atoms with Crippen molar-refractivity contribution >= 4 is 12.1 Å². The van der Waals surface area contributed by atoms with Crippen LogP contribution in [-0.4, -0.2) is 25.3 Å². The van der Waals surface area contributed by atoms with Gasteiger partial charge in [-0.1, -0.05) is 75.4 Å². The van der Waals surface area contributed by atoms with Crippen molar-refractivity contribution in [1.29, 1.82) is 0 Å². The summed E-state index contributed by atoms with van der Waals surface area (Å²) in [6.45, 7) is 7.21. The average molecular weight is 417 g/mol. The van der Waals surface area contributed by atoms with Gasteiger partial charge in [-0.05, 0) is 40.8 Å². The number of carbonyl (C=O) groups excluding carboxylic acids is 1. The van der Waals surface area contributed by atoms with Gasteiger partial charge in [0.1, 0.15) is 24.7 Å². The predicted molar refractivity (Wildman–Crippen MR) is 124 cm³/mol. The topological polar surface area (TPSA) is 59.9 Å². The maximum Gasteiger partial charge on any atom is 0.275 e. The highest BCUT2D eigenvalue weighted by atomic mass is 16.5. The lowest BCUT2D eigenvalue weighted by Gasteiger charge is -2.18. The molecule has 0 bridgehead atoms. The number of rotatable bonds is 8. The first-order chi connectivity index (χ1) is 14.9. The van der Waals surface area contributed by atoms with Crippen LogP contribution in [0, 0.1) is 0 Å². The molecule has 3 aromatic rings. The molecule has 0 spiro atoms. The molecule has 3 rings (SSSR count). The predicted octanol–water partition coefficient (Wildman–Crippen LogP) is 5.21. The van der Waals surface area contributed by atoms with Gasteiger partial charge in [0.15, 0.2) is 0 Å². The molecule has 0 aliphatic carbocycles. The van der Waals surface area contributed by atoms with Crippen molar-refractivity contribution < 1.29 is 14.3 Å². The zero-order chi connectivity index (χ0) is 22.1. The van der Waals surface area contributed by atoms with Crippen LogP contribution in [0.25, 0.3) is 0 Å². The SMILES string of the molecule is CC(C)(C)c1ccc(C=NNC(=O)c2ccccc2OCCOc2ccccc2)cc1. The lowest BCUT2D eigenvalue weighted by Crippen LogP contribution is -2.19. The highest BCUT2D eigenvalue weighted by Crippen LogP contribution is 2.22. The van der Waals surface area contributed by atoms with Crippen LogP contribution in [-0.2, 0) is 5.41 Å². The van der Waals surface area contributed by atoms with Crippen molar-refractivity contribution in [3.05, 3.63) is 95.6 Å². The van der Waals surface area contributed by atoms with E-state index in [1.807, 2.05) is 48.5 Å². The molecule has 31 heavy (non-hydrogen) atoms. The largest absolute Gasteiger partial charge is 0.490 e. The van der Waals surface area contributed by atoms with E-state index < -0.39 is 0 Å². The summed E-state index contributed by atoms with van der Waals surface area (Å²) in [7, 11) is 0. The highest BCUT2D eigenvalue weighted by molar-refractivity contribution is 5.97. The summed E-state index contributed by atoms with van der Waals surface area (Å²) in [5.41, 5.74) is 5.24. The minimum atomic E-state index is -0.331. The standard InChI is InChI=1S/C26H28N2O3/c1-26(2,3)21-15-13-20(14-16-21)19-27-28-25(29)23-11-7-8-12-24(23)31-18-17-30-22-9-5-4-6-10-22/h4-16,19H,17-18H2,1-3H3,(H,28,29). The molecule has 0 radical (unpaired) electrons. The molecule has 0 aromatic heterocycles. The first kappa shape index (κ1) is 22.1.